The van der Waals surface area contributed by atoms with E-state index in [2.05, 4.69) is 48.3 Å². The molecule has 2 aliphatic heterocycles. The molecule has 0 radical (unpaired) electrons. The molecule has 1 spiro atoms. The molecule has 1 saturated carbocycles. The molecule has 21 heavy (non-hydrogen) atoms. The van der Waals surface area contributed by atoms with Crippen molar-refractivity contribution in [1.29, 1.82) is 0 Å². The summed E-state index contributed by atoms with van der Waals surface area (Å²) < 4.78 is 6.55. The fourth-order valence-electron chi connectivity index (χ4n) is 4.37. The zero-order valence-electron chi connectivity index (χ0n) is 13.1. The van der Waals surface area contributed by atoms with Gasteiger partial charge in [-0.15, -0.1) is 0 Å². The topological polar surface area (TPSA) is 24.5 Å². The summed E-state index contributed by atoms with van der Waals surface area (Å²) in [6, 6.07) is 10.5. The molecule has 3 nitrogen and oxygen atoms in total. The Morgan fingerprint density at radius 1 is 1.29 bits per heavy atom. The lowest BCUT2D eigenvalue weighted by molar-refractivity contribution is 0.0379. The van der Waals surface area contributed by atoms with Crippen molar-refractivity contribution in [2.45, 2.75) is 63.3 Å². The molecule has 4 rings (SSSR count). The highest BCUT2D eigenvalue weighted by molar-refractivity contribution is 5.39. The van der Waals surface area contributed by atoms with E-state index in [1.807, 2.05) is 0 Å². The molecule has 0 aromatic heterocycles. The SMILES string of the molecule is CCNC1CC2(CC(C)N(C3CC3)C2)Oc2ccccc21. The third-order valence-corrected chi connectivity index (χ3v) is 5.37. The Hall–Kier alpha value is -1.06. The predicted octanol–water partition coefficient (Wildman–Crippen LogP) is 3.12. The molecule has 114 valence electrons. The first-order valence-electron chi connectivity index (χ1n) is 8.48. The number of nitrogens with zero attached hydrogens (tertiary/aromatic N) is 1. The molecule has 1 aromatic carbocycles. The van der Waals surface area contributed by atoms with Gasteiger partial charge >= 0.3 is 0 Å². The van der Waals surface area contributed by atoms with Gasteiger partial charge in [0.15, 0.2) is 0 Å². The van der Waals surface area contributed by atoms with Crippen LogP contribution in [0.5, 0.6) is 5.75 Å². The van der Waals surface area contributed by atoms with E-state index in [-0.39, 0.29) is 5.60 Å². The Morgan fingerprint density at radius 3 is 2.86 bits per heavy atom. The molecule has 3 heteroatoms. The largest absolute Gasteiger partial charge is 0.485 e. The lowest BCUT2D eigenvalue weighted by Gasteiger charge is -2.40. The van der Waals surface area contributed by atoms with Crippen LogP contribution in [0, 0.1) is 0 Å². The van der Waals surface area contributed by atoms with Crippen LogP contribution in [0.2, 0.25) is 0 Å². The molecule has 3 unspecified atom stereocenters. The molecular formula is C18H26N2O. The minimum absolute atomic E-state index is 0.0171. The maximum atomic E-state index is 6.55. The van der Waals surface area contributed by atoms with Crippen LogP contribution in [-0.4, -0.2) is 35.7 Å². The van der Waals surface area contributed by atoms with Gasteiger partial charge in [0.2, 0.25) is 0 Å². The van der Waals surface area contributed by atoms with Gasteiger partial charge < -0.3 is 10.1 Å². The fourth-order valence-corrected chi connectivity index (χ4v) is 4.37. The molecular weight excluding hydrogens is 260 g/mol. The quantitative estimate of drug-likeness (QED) is 0.924. The third-order valence-electron chi connectivity index (χ3n) is 5.37. The summed E-state index contributed by atoms with van der Waals surface area (Å²) in [5.74, 6) is 1.10. The average Bonchev–Trinajstić information content (AvgIpc) is 3.25. The molecule has 1 aliphatic carbocycles. The maximum Gasteiger partial charge on any atom is 0.125 e. The molecule has 3 aliphatic rings. The summed E-state index contributed by atoms with van der Waals surface area (Å²) in [4.78, 5) is 2.69. The number of fused-ring (bicyclic) bond motifs is 1. The summed E-state index contributed by atoms with van der Waals surface area (Å²) in [7, 11) is 0. The summed E-state index contributed by atoms with van der Waals surface area (Å²) in [6.07, 6.45) is 5.03. The van der Waals surface area contributed by atoms with Crippen molar-refractivity contribution in [1.82, 2.24) is 10.2 Å². The lowest BCUT2D eigenvalue weighted by atomic mass is 9.85. The van der Waals surface area contributed by atoms with Gasteiger partial charge in [0.05, 0.1) is 0 Å². The van der Waals surface area contributed by atoms with Crippen molar-refractivity contribution >= 4 is 0 Å². The van der Waals surface area contributed by atoms with Gasteiger partial charge in [-0.3, -0.25) is 4.90 Å². The Labute approximate surface area is 127 Å². The fraction of sp³-hybridized carbons (Fsp3) is 0.667. The second-order valence-electron chi connectivity index (χ2n) is 7.09. The second kappa shape index (κ2) is 4.99. The van der Waals surface area contributed by atoms with Gasteiger partial charge in [-0.2, -0.15) is 0 Å². The van der Waals surface area contributed by atoms with Crippen LogP contribution in [0.4, 0.5) is 0 Å². The van der Waals surface area contributed by atoms with Crippen LogP contribution < -0.4 is 10.1 Å². The number of hydrogen-bond acceptors (Lipinski definition) is 3. The summed E-state index contributed by atoms with van der Waals surface area (Å²) >= 11 is 0. The number of para-hydroxylation sites is 1. The first kappa shape index (κ1) is 13.6. The zero-order chi connectivity index (χ0) is 14.4. The summed E-state index contributed by atoms with van der Waals surface area (Å²) in [5, 5.41) is 3.67. The monoisotopic (exact) mass is 286 g/mol. The molecule has 2 fully saturated rings. The van der Waals surface area contributed by atoms with Gasteiger partial charge in [0.1, 0.15) is 11.4 Å². The predicted molar refractivity (Wildman–Crippen MR) is 84.6 cm³/mol. The normalized spacial score (nSPS) is 35.7. The summed E-state index contributed by atoms with van der Waals surface area (Å²) in [6.45, 7) is 6.68. The van der Waals surface area contributed by atoms with Crippen LogP contribution in [-0.2, 0) is 0 Å². The minimum atomic E-state index is 0.0171. The highest BCUT2D eigenvalue weighted by atomic mass is 16.5. The van der Waals surface area contributed by atoms with Crippen LogP contribution in [0.25, 0.3) is 0 Å². The van der Waals surface area contributed by atoms with E-state index in [4.69, 9.17) is 4.74 Å². The Balaban J connectivity index is 1.63. The lowest BCUT2D eigenvalue weighted by Crippen LogP contribution is -2.46. The van der Waals surface area contributed by atoms with Gasteiger partial charge in [0.25, 0.3) is 0 Å². The van der Waals surface area contributed by atoms with Crippen LogP contribution >= 0.6 is 0 Å². The highest BCUT2D eigenvalue weighted by Crippen LogP contribution is 2.47. The van der Waals surface area contributed by atoms with E-state index in [0.717, 1.165) is 31.3 Å². The number of hydrogen-bond donors (Lipinski definition) is 1. The van der Waals surface area contributed by atoms with Gasteiger partial charge in [-0.05, 0) is 32.4 Å². The molecule has 3 atom stereocenters. The van der Waals surface area contributed by atoms with E-state index < -0.39 is 0 Å². The second-order valence-corrected chi connectivity index (χ2v) is 7.09. The van der Waals surface area contributed by atoms with E-state index in [1.54, 1.807) is 0 Å². The molecule has 0 bridgehead atoms. The van der Waals surface area contributed by atoms with Crippen molar-refractivity contribution in [3.05, 3.63) is 29.8 Å². The maximum absolute atomic E-state index is 6.55. The Morgan fingerprint density at radius 2 is 2.10 bits per heavy atom. The highest BCUT2D eigenvalue weighted by Gasteiger charge is 2.51. The van der Waals surface area contributed by atoms with E-state index in [0.29, 0.717) is 12.1 Å². The van der Waals surface area contributed by atoms with E-state index in [9.17, 15) is 0 Å². The van der Waals surface area contributed by atoms with Crippen molar-refractivity contribution < 1.29 is 4.74 Å². The van der Waals surface area contributed by atoms with Crippen molar-refractivity contribution in [3.63, 3.8) is 0 Å². The average molecular weight is 286 g/mol. The number of benzene rings is 1. The van der Waals surface area contributed by atoms with Crippen molar-refractivity contribution in [2.75, 3.05) is 13.1 Å². The smallest absolute Gasteiger partial charge is 0.125 e. The molecule has 2 heterocycles. The van der Waals surface area contributed by atoms with E-state index in [1.165, 1.54) is 24.8 Å². The Bertz CT molecular complexity index is 528. The standard InChI is InChI=1S/C18H26N2O/c1-3-19-16-11-18(21-17-7-5-4-6-15(16)17)10-13(2)20(12-18)14-8-9-14/h4-7,13-14,16,19H,3,8-12H2,1-2H3. The number of nitrogens with one attached hydrogen (secondary N) is 1. The van der Waals surface area contributed by atoms with Crippen LogP contribution in [0.3, 0.4) is 0 Å². The first-order chi connectivity index (χ1) is 10.2. The van der Waals surface area contributed by atoms with Crippen LogP contribution in [0.1, 0.15) is 51.1 Å². The van der Waals surface area contributed by atoms with Crippen molar-refractivity contribution in [2.24, 2.45) is 0 Å². The van der Waals surface area contributed by atoms with E-state index >= 15 is 0 Å². The van der Waals surface area contributed by atoms with Crippen molar-refractivity contribution in [3.8, 4) is 5.75 Å². The summed E-state index contributed by atoms with van der Waals surface area (Å²) in [5.41, 5.74) is 1.35. The molecule has 1 aromatic rings. The molecule has 1 N–H and O–H groups in total. The van der Waals surface area contributed by atoms with Gasteiger partial charge in [0, 0.05) is 43.1 Å². The number of ether oxygens (including phenoxy) is 1. The van der Waals surface area contributed by atoms with Gasteiger partial charge in [-0.25, -0.2) is 0 Å². The minimum Gasteiger partial charge on any atom is -0.485 e. The third kappa shape index (κ3) is 2.36. The number of likely N-dealkylation sites (tertiary alicyclic amines) is 1. The molecule has 0 amide bonds. The van der Waals surface area contributed by atoms with Crippen LogP contribution in [0.15, 0.2) is 24.3 Å². The molecule has 1 saturated heterocycles. The zero-order valence-corrected chi connectivity index (χ0v) is 13.1. The number of rotatable bonds is 3. The van der Waals surface area contributed by atoms with Gasteiger partial charge in [-0.1, -0.05) is 25.1 Å². The first-order valence-corrected chi connectivity index (χ1v) is 8.48. The Kier molecular flexibility index (Phi) is 3.23.